The van der Waals surface area contributed by atoms with Crippen LogP contribution in [0, 0.1) is 5.92 Å². The number of halogens is 1. The molecule has 1 aromatic heterocycles. The lowest BCUT2D eigenvalue weighted by molar-refractivity contribution is -0.139. The summed E-state index contributed by atoms with van der Waals surface area (Å²) in [6.07, 6.45) is 3.92. The Kier molecular flexibility index (Phi) is 8.15. The first-order chi connectivity index (χ1) is 12.3. The van der Waals surface area contributed by atoms with Gasteiger partial charge in [0, 0.05) is 35.6 Å². The second-order valence-electron chi connectivity index (χ2n) is 6.33. The van der Waals surface area contributed by atoms with Crippen molar-refractivity contribution in [1.82, 2.24) is 9.88 Å². The van der Waals surface area contributed by atoms with Crippen LogP contribution in [0.5, 0.6) is 0 Å². The minimum Gasteiger partial charge on any atom is -0.299 e. The van der Waals surface area contributed by atoms with E-state index in [-0.39, 0.29) is 29.6 Å². The van der Waals surface area contributed by atoms with Crippen LogP contribution in [0.1, 0.15) is 26.3 Å². The lowest BCUT2D eigenvalue weighted by Gasteiger charge is -2.18. The van der Waals surface area contributed by atoms with Gasteiger partial charge in [-0.05, 0) is 42.7 Å². The molecule has 1 aliphatic heterocycles. The Labute approximate surface area is 175 Å². The molecule has 1 atom stereocenters. The Morgan fingerprint density at radius 1 is 1.27 bits per heavy atom. The third-order valence-electron chi connectivity index (χ3n) is 3.92. The van der Waals surface area contributed by atoms with Gasteiger partial charge in [0.15, 0.2) is 0 Å². The molecule has 0 fully saturated rings. The summed E-state index contributed by atoms with van der Waals surface area (Å²) in [5.41, 5.74) is 1.57. The van der Waals surface area contributed by atoms with Crippen LogP contribution in [0.25, 0.3) is 0 Å². The summed E-state index contributed by atoms with van der Waals surface area (Å²) in [7, 11) is 2.96. The summed E-state index contributed by atoms with van der Waals surface area (Å²) in [5.74, 6) is 0.282. The minimum absolute atomic E-state index is 0.00309. The first-order valence-corrected chi connectivity index (χ1v) is 12.1. The lowest BCUT2D eigenvalue weighted by Crippen LogP contribution is -2.37. The molecule has 0 aromatic carbocycles. The third kappa shape index (κ3) is 5.56. The Morgan fingerprint density at radius 3 is 2.54 bits per heavy atom. The van der Waals surface area contributed by atoms with Gasteiger partial charge in [-0.25, -0.2) is 4.98 Å². The van der Waals surface area contributed by atoms with E-state index in [0.717, 1.165) is 10.6 Å². The van der Waals surface area contributed by atoms with Gasteiger partial charge in [0.25, 0.3) is 11.8 Å². The van der Waals surface area contributed by atoms with Crippen LogP contribution in [0.15, 0.2) is 35.0 Å². The van der Waals surface area contributed by atoms with E-state index in [2.05, 4.69) is 27.6 Å². The monoisotopic (exact) mass is 504 g/mol. The fourth-order valence-corrected chi connectivity index (χ4v) is 5.16. The van der Waals surface area contributed by atoms with Crippen molar-refractivity contribution in [2.24, 2.45) is 5.92 Å². The summed E-state index contributed by atoms with van der Waals surface area (Å²) in [6, 6.07) is 3.78. The highest BCUT2D eigenvalue weighted by Gasteiger charge is 2.32. The first-order valence-electron chi connectivity index (χ1n) is 8.24. The number of rotatable bonds is 9. The second kappa shape index (κ2) is 9.89. The zero-order valence-corrected chi connectivity index (χ0v) is 18.7. The number of hydrogen-bond donors (Lipinski definition) is 0. The number of aromatic nitrogens is 1. The van der Waals surface area contributed by atoms with E-state index in [1.54, 1.807) is 6.20 Å². The van der Waals surface area contributed by atoms with Crippen molar-refractivity contribution in [1.29, 1.82) is 0 Å². The van der Waals surface area contributed by atoms with Crippen molar-refractivity contribution >= 4 is 61.8 Å². The summed E-state index contributed by atoms with van der Waals surface area (Å²) in [5, 5.41) is 0.838. The number of carbonyl (C=O) groups is 3. The number of hydrogen-bond acceptors (Lipinski definition) is 6. The molecule has 2 amide bonds. The average molecular weight is 504 g/mol. The van der Waals surface area contributed by atoms with Gasteiger partial charge < -0.3 is 0 Å². The molecule has 1 aliphatic rings. The number of alkyl halides is 1. The zero-order chi connectivity index (χ0) is 19.3. The number of Topliss-reactive ketones (excluding diaryl/α,β-unsaturated/α-hetero) is 1. The lowest BCUT2D eigenvalue weighted by atomic mass is 9.99. The van der Waals surface area contributed by atoms with Gasteiger partial charge in [0.05, 0.1) is 4.43 Å². The predicted molar refractivity (Wildman–Crippen MR) is 114 cm³/mol. The maximum Gasteiger partial charge on any atom is 0.257 e. The molecule has 0 aliphatic carbocycles. The molecular formula is C18H21IN2O3S2. The number of amides is 2. The van der Waals surface area contributed by atoms with Crippen molar-refractivity contribution in [2.45, 2.75) is 38.3 Å². The number of ketones is 1. The van der Waals surface area contributed by atoms with Crippen LogP contribution >= 0.6 is 44.2 Å². The zero-order valence-electron chi connectivity index (χ0n) is 14.9. The molecular weight excluding hydrogens is 483 g/mol. The predicted octanol–water partition coefficient (Wildman–Crippen LogP) is 3.71. The van der Waals surface area contributed by atoms with Crippen molar-refractivity contribution in [3.8, 4) is 0 Å². The van der Waals surface area contributed by atoms with Crippen LogP contribution < -0.4 is 0 Å². The number of nitrogens with zero attached hydrogens (tertiary/aromatic N) is 2. The van der Waals surface area contributed by atoms with Gasteiger partial charge in [-0.3, -0.25) is 19.3 Å². The molecule has 2 heterocycles. The van der Waals surface area contributed by atoms with Crippen molar-refractivity contribution in [2.75, 3.05) is 10.2 Å². The molecule has 0 bridgehead atoms. The molecule has 1 unspecified atom stereocenters. The average Bonchev–Trinajstić information content (AvgIpc) is 2.89. The Hall–Kier alpha value is -0.870. The smallest absolute Gasteiger partial charge is 0.257 e. The van der Waals surface area contributed by atoms with Gasteiger partial charge in [-0.15, -0.1) is 0 Å². The van der Waals surface area contributed by atoms with E-state index in [9.17, 15) is 14.4 Å². The van der Waals surface area contributed by atoms with Crippen LogP contribution in [0.4, 0.5) is 0 Å². The molecule has 0 saturated heterocycles. The Morgan fingerprint density at radius 2 is 2.00 bits per heavy atom. The highest BCUT2D eigenvalue weighted by Crippen LogP contribution is 2.32. The fraction of sp³-hybridized carbons (Fsp3) is 0.444. The summed E-state index contributed by atoms with van der Waals surface area (Å²) in [6.45, 7) is 5.59. The van der Waals surface area contributed by atoms with Gasteiger partial charge in [-0.2, -0.15) is 0 Å². The maximum absolute atomic E-state index is 12.2. The van der Waals surface area contributed by atoms with E-state index in [0.29, 0.717) is 22.2 Å². The number of imide groups is 1. The topological polar surface area (TPSA) is 67.3 Å². The van der Waals surface area contributed by atoms with Crippen LogP contribution in [-0.4, -0.2) is 43.7 Å². The van der Waals surface area contributed by atoms with E-state index in [1.807, 2.05) is 32.9 Å². The molecule has 1 aromatic rings. The highest BCUT2D eigenvalue weighted by molar-refractivity contribution is 14.1. The molecule has 0 spiro atoms. The van der Waals surface area contributed by atoms with Gasteiger partial charge in [0.1, 0.15) is 10.8 Å². The van der Waals surface area contributed by atoms with Crippen molar-refractivity contribution in [3.63, 3.8) is 0 Å². The minimum atomic E-state index is -0.233. The number of carbonyl (C=O) groups excluding carboxylic acids is 3. The molecule has 26 heavy (non-hydrogen) atoms. The normalized spacial score (nSPS) is 15.6. The molecule has 140 valence electrons. The van der Waals surface area contributed by atoms with Crippen molar-refractivity contribution in [3.05, 3.63) is 35.5 Å². The second-order valence-corrected chi connectivity index (χ2v) is 9.41. The standard InChI is InChI=1S/C18H21IN2O3S2/c1-11(2)21-17(23)7-14(18(21)24)10-25-26-16-5-4-13(9-20-16)6-12(3)15(22)8-19/h4-5,7,9,11-12H,6,8,10H2,1-3H3. The molecule has 2 rings (SSSR count). The molecule has 0 saturated carbocycles. The van der Waals surface area contributed by atoms with Crippen LogP contribution in [0.2, 0.25) is 0 Å². The largest absolute Gasteiger partial charge is 0.299 e. The van der Waals surface area contributed by atoms with Crippen LogP contribution in [0.3, 0.4) is 0 Å². The highest BCUT2D eigenvalue weighted by atomic mass is 127. The Balaban J connectivity index is 1.84. The van der Waals surface area contributed by atoms with Gasteiger partial charge in [0.2, 0.25) is 0 Å². The number of pyridine rings is 1. The quantitative estimate of drug-likeness (QED) is 0.221. The van der Waals surface area contributed by atoms with E-state index >= 15 is 0 Å². The Bertz CT molecular complexity index is 720. The maximum atomic E-state index is 12.2. The first kappa shape index (κ1) is 21.4. The molecule has 0 radical (unpaired) electrons. The molecule has 8 heteroatoms. The summed E-state index contributed by atoms with van der Waals surface area (Å²) in [4.78, 5) is 41.4. The van der Waals surface area contributed by atoms with E-state index in [1.165, 1.54) is 32.6 Å². The summed E-state index contributed by atoms with van der Waals surface area (Å²) < 4.78 is 0.530. The fourth-order valence-electron chi connectivity index (χ4n) is 2.46. The van der Waals surface area contributed by atoms with Crippen LogP contribution in [-0.2, 0) is 20.8 Å². The van der Waals surface area contributed by atoms with E-state index < -0.39 is 0 Å². The summed E-state index contributed by atoms with van der Waals surface area (Å²) >= 11 is 2.09. The molecule has 5 nitrogen and oxygen atoms in total. The van der Waals surface area contributed by atoms with Gasteiger partial charge in [-0.1, -0.05) is 46.4 Å². The SMILES string of the molecule is CC(Cc1ccc(SSCC2=CC(=O)N(C(C)C)C2=O)nc1)C(=O)CI. The van der Waals surface area contributed by atoms with Crippen molar-refractivity contribution < 1.29 is 14.4 Å². The third-order valence-corrected chi connectivity index (χ3v) is 6.85. The van der Waals surface area contributed by atoms with Gasteiger partial charge >= 0.3 is 0 Å². The van der Waals surface area contributed by atoms with E-state index in [4.69, 9.17) is 0 Å². The molecule has 0 N–H and O–H groups in total.